The Bertz CT molecular complexity index is 338. The van der Waals surface area contributed by atoms with E-state index in [1.807, 2.05) is 0 Å². The zero-order valence-electron chi connectivity index (χ0n) is 6.17. The molecule has 64 valence electrons. The zero-order valence-corrected chi connectivity index (χ0v) is 9.35. The summed E-state index contributed by atoms with van der Waals surface area (Å²) in [4.78, 5) is 10.2. The minimum atomic E-state index is -0.399. The quantitative estimate of drug-likeness (QED) is 0.588. The Hall–Kier alpha value is -0.420. The molecular formula is C7H5Br2NO2. The van der Waals surface area contributed by atoms with E-state index >= 15 is 0 Å². The topological polar surface area (TPSA) is 43.1 Å². The van der Waals surface area contributed by atoms with Crippen LogP contribution in [-0.2, 0) is 0 Å². The summed E-state index contributed by atoms with van der Waals surface area (Å²) < 4.78 is 1.19. The largest absolute Gasteiger partial charge is 0.287 e. The molecule has 1 aromatic rings. The summed E-state index contributed by atoms with van der Waals surface area (Å²) in [6.07, 6.45) is 0. The van der Waals surface area contributed by atoms with Gasteiger partial charge in [-0.2, -0.15) is 0 Å². The highest BCUT2D eigenvalue weighted by Gasteiger charge is 2.17. The van der Waals surface area contributed by atoms with E-state index in [2.05, 4.69) is 31.9 Å². The van der Waals surface area contributed by atoms with Crippen molar-refractivity contribution in [3.05, 3.63) is 36.8 Å². The number of hydrogen-bond donors (Lipinski definition) is 0. The molecule has 0 atom stereocenters. The number of nitro groups is 1. The van der Waals surface area contributed by atoms with Gasteiger partial charge in [-0.05, 0) is 44.8 Å². The monoisotopic (exact) mass is 293 g/mol. The van der Waals surface area contributed by atoms with Gasteiger partial charge in [-0.15, -0.1) is 0 Å². The van der Waals surface area contributed by atoms with Crippen LogP contribution in [0.2, 0.25) is 0 Å². The predicted molar refractivity (Wildman–Crippen MR) is 53.2 cm³/mol. The molecule has 5 heteroatoms. The highest BCUT2D eigenvalue weighted by molar-refractivity contribution is 9.13. The maximum Gasteiger partial charge on any atom is 0.287 e. The summed E-state index contributed by atoms with van der Waals surface area (Å²) in [5.74, 6) is 0. The second-order valence-electron chi connectivity index (χ2n) is 2.28. The van der Waals surface area contributed by atoms with E-state index in [-0.39, 0.29) is 5.69 Å². The number of hydrogen-bond acceptors (Lipinski definition) is 2. The van der Waals surface area contributed by atoms with Gasteiger partial charge in [0.1, 0.15) is 4.47 Å². The van der Waals surface area contributed by atoms with Crippen LogP contribution in [0.3, 0.4) is 0 Å². The summed E-state index contributed by atoms with van der Waals surface area (Å²) >= 11 is 6.34. The molecule has 0 spiro atoms. The van der Waals surface area contributed by atoms with Gasteiger partial charge in [0.05, 0.1) is 4.92 Å². The smallest absolute Gasteiger partial charge is 0.258 e. The van der Waals surface area contributed by atoms with Crippen molar-refractivity contribution < 1.29 is 4.92 Å². The van der Waals surface area contributed by atoms with Gasteiger partial charge in [0.2, 0.25) is 0 Å². The maximum atomic E-state index is 10.5. The fourth-order valence-corrected chi connectivity index (χ4v) is 1.77. The molecule has 0 aliphatic rings. The minimum absolute atomic E-state index is 0.115. The van der Waals surface area contributed by atoms with Crippen molar-refractivity contribution in [1.82, 2.24) is 0 Å². The van der Waals surface area contributed by atoms with Gasteiger partial charge in [-0.25, -0.2) is 0 Å². The van der Waals surface area contributed by atoms with Crippen molar-refractivity contribution in [2.75, 3.05) is 0 Å². The van der Waals surface area contributed by atoms with Crippen LogP contribution >= 0.6 is 31.9 Å². The molecular weight excluding hydrogens is 290 g/mol. The van der Waals surface area contributed by atoms with Gasteiger partial charge in [-0.1, -0.05) is 6.07 Å². The SMILES string of the molecule is Cc1ccc(Br)c(Br)c1[N+](=O)[O-]. The van der Waals surface area contributed by atoms with Crippen molar-refractivity contribution in [2.45, 2.75) is 6.92 Å². The van der Waals surface area contributed by atoms with Gasteiger partial charge >= 0.3 is 0 Å². The lowest BCUT2D eigenvalue weighted by Gasteiger charge is -2.00. The van der Waals surface area contributed by atoms with Gasteiger partial charge in [-0.3, -0.25) is 10.1 Å². The van der Waals surface area contributed by atoms with Crippen molar-refractivity contribution >= 4 is 37.5 Å². The Morgan fingerprint density at radius 1 is 1.42 bits per heavy atom. The molecule has 0 saturated heterocycles. The van der Waals surface area contributed by atoms with Crippen molar-refractivity contribution in [1.29, 1.82) is 0 Å². The van der Waals surface area contributed by atoms with Gasteiger partial charge in [0.25, 0.3) is 5.69 Å². The van der Waals surface area contributed by atoms with Crippen molar-refractivity contribution in [3.8, 4) is 0 Å². The normalized spacial score (nSPS) is 9.92. The first-order valence-corrected chi connectivity index (χ1v) is 4.71. The first-order chi connectivity index (χ1) is 5.54. The molecule has 0 unspecified atom stereocenters. The number of nitrogens with zero attached hydrogens (tertiary/aromatic N) is 1. The number of rotatable bonds is 1. The standard InChI is InChI=1S/C7H5Br2NO2/c1-4-2-3-5(8)6(9)7(4)10(11)12/h2-3H,1H3. The lowest BCUT2D eigenvalue weighted by Crippen LogP contribution is -1.93. The molecule has 0 bridgehead atoms. The van der Waals surface area contributed by atoms with Crippen LogP contribution in [-0.4, -0.2) is 4.92 Å². The van der Waals surface area contributed by atoms with E-state index in [4.69, 9.17) is 0 Å². The van der Waals surface area contributed by atoms with Gasteiger partial charge in [0.15, 0.2) is 0 Å². The highest BCUT2D eigenvalue weighted by atomic mass is 79.9. The summed E-state index contributed by atoms with van der Waals surface area (Å²) in [6.45, 7) is 1.70. The number of nitro benzene ring substituents is 1. The molecule has 0 fully saturated rings. The van der Waals surface area contributed by atoms with Gasteiger partial charge < -0.3 is 0 Å². The highest BCUT2D eigenvalue weighted by Crippen LogP contribution is 2.34. The maximum absolute atomic E-state index is 10.5. The molecule has 0 radical (unpaired) electrons. The summed E-state index contributed by atoms with van der Waals surface area (Å²) in [5, 5.41) is 10.5. The van der Waals surface area contributed by atoms with Crippen LogP contribution in [0.1, 0.15) is 5.56 Å². The molecule has 0 amide bonds. The summed E-state index contributed by atoms with van der Waals surface area (Å²) in [5.41, 5.74) is 0.763. The van der Waals surface area contributed by atoms with Crippen LogP contribution in [0, 0.1) is 17.0 Å². The summed E-state index contributed by atoms with van der Waals surface area (Å²) in [7, 11) is 0. The average molecular weight is 295 g/mol. The molecule has 0 aliphatic heterocycles. The Kier molecular flexibility index (Phi) is 2.85. The van der Waals surface area contributed by atoms with Crippen LogP contribution in [0.15, 0.2) is 21.1 Å². The van der Waals surface area contributed by atoms with E-state index in [1.54, 1.807) is 19.1 Å². The van der Waals surface area contributed by atoms with Crippen molar-refractivity contribution in [3.63, 3.8) is 0 Å². The van der Waals surface area contributed by atoms with Gasteiger partial charge in [0, 0.05) is 10.0 Å². The second-order valence-corrected chi connectivity index (χ2v) is 3.93. The third kappa shape index (κ3) is 1.67. The van der Waals surface area contributed by atoms with E-state index in [9.17, 15) is 10.1 Å². The molecule has 0 N–H and O–H groups in total. The first kappa shape index (κ1) is 9.67. The average Bonchev–Trinajstić information content (AvgIpc) is 1.97. The Morgan fingerprint density at radius 3 is 2.42 bits per heavy atom. The Balaban J connectivity index is 3.43. The third-order valence-corrected chi connectivity index (χ3v) is 3.45. The molecule has 12 heavy (non-hydrogen) atoms. The Morgan fingerprint density at radius 2 is 2.00 bits per heavy atom. The molecule has 0 saturated carbocycles. The molecule has 0 aromatic heterocycles. The zero-order chi connectivity index (χ0) is 9.30. The number of aryl methyl sites for hydroxylation is 1. The molecule has 0 aliphatic carbocycles. The first-order valence-electron chi connectivity index (χ1n) is 3.13. The summed E-state index contributed by atoms with van der Waals surface area (Å²) in [6, 6.07) is 3.47. The third-order valence-electron chi connectivity index (χ3n) is 1.45. The minimum Gasteiger partial charge on any atom is -0.258 e. The Labute approximate surface area is 86.2 Å². The van der Waals surface area contributed by atoms with E-state index in [1.165, 1.54) is 0 Å². The lowest BCUT2D eigenvalue weighted by molar-refractivity contribution is -0.386. The fourth-order valence-electron chi connectivity index (χ4n) is 0.861. The molecule has 3 nitrogen and oxygen atoms in total. The second kappa shape index (κ2) is 3.53. The van der Waals surface area contributed by atoms with E-state index in [0.29, 0.717) is 14.5 Å². The lowest BCUT2D eigenvalue weighted by atomic mass is 10.2. The van der Waals surface area contributed by atoms with Crippen molar-refractivity contribution in [2.24, 2.45) is 0 Å². The van der Waals surface area contributed by atoms with Crippen LogP contribution < -0.4 is 0 Å². The van der Waals surface area contributed by atoms with Crippen LogP contribution in [0.25, 0.3) is 0 Å². The van der Waals surface area contributed by atoms with Crippen LogP contribution in [0.4, 0.5) is 5.69 Å². The molecule has 1 aromatic carbocycles. The molecule has 1 rings (SSSR count). The van der Waals surface area contributed by atoms with Crippen LogP contribution in [0.5, 0.6) is 0 Å². The van der Waals surface area contributed by atoms with E-state index < -0.39 is 4.92 Å². The number of halogens is 2. The number of benzene rings is 1. The molecule has 0 heterocycles. The predicted octanol–water partition coefficient (Wildman–Crippen LogP) is 3.43. The van der Waals surface area contributed by atoms with E-state index in [0.717, 1.165) is 0 Å². The fraction of sp³-hybridized carbons (Fsp3) is 0.143.